The molecule has 6 nitrogen and oxygen atoms in total. The van der Waals surface area contributed by atoms with Gasteiger partial charge < -0.3 is 15.5 Å². The molecule has 1 aliphatic rings. The van der Waals surface area contributed by atoms with Gasteiger partial charge in [-0.1, -0.05) is 18.9 Å². The van der Waals surface area contributed by atoms with Crippen LogP contribution in [-0.4, -0.2) is 28.1 Å². The summed E-state index contributed by atoms with van der Waals surface area (Å²) < 4.78 is 0. The zero-order valence-electron chi connectivity index (χ0n) is 11.5. The molecule has 2 rings (SSSR count). The number of rotatable bonds is 5. The van der Waals surface area contributed by atoms with Gasteiger partial charge in [0.2, 0.25) is 5.91 Å². The van der Waals surface area contributed by atoms with E-state index in [0.29, 0.717) is 18.5 Å². The van der Waals surface area contributed by atoms with E-state index in [-0.39, 0.29) is 12.0 Å². The Morgan fingerprint density at radius 1 is 1.14 bits per heavy atom. The Hall–Kier alpha value is -2.37. The van der Waals surface area contributed by atoms with Crippen LogP contribution in [-0.2, 0) is 9.59 Å². The van der Waals surface area contributed by atoms with Crippen molar-refractivity contribution in [2.45, 2.75) is 32.1 Å². The molecule has 112 valence electrons. The Labute approximate surface area is 121 Å². The highest BCUT2D eigenvalue weighted by molar-refractivity contribution is 5.96. The van der Waals surface area contributed by atoms with Gasteiger partial charge in [-0.2, -0.15) is 0 Å². The second-order valence-electron chi connectivity index (χ2n) is 5.40. The third kappa shape index (κ3) is 3.39. The number of carbonyl (C=O) groups excluding carboxylic acids is 1. The number of aliphatic carboxylic acids is 1. The molecule has 0 bridgehead atoms. The minimum Gasteiger partial charge on any atom is -0.481 e. The summed E-state index contributed by atoms with van der Waals surface area (Å²) >= 11 is 0. The smallest absolute Gasteiger partial charge is 0.335 e. The molecule has 1 fully saturated rings. The fourth-order valence-electron chi connectivity index (χ4n) is 2.76. The lowest BCUT2D eigenvalue weighted by molar-refractivity contribution is -0.150. The third-order valence-electron chi connectivity index (χ3n) is 3.91. The van der Waals surface area contributed by atoms with E-state index < -0.39 is 23.3 Å². The topological polar surface area (TPSA) is 104 Å². The van der Waals surface area contributed by atoms with Gasteiger partial charge >= 0.3 is 11.9 Å². The molecule has 0 aromatic heterocycles. The molecule has 0 atom stereocenters. The maximum atomic E-state index is 12.0. The van der Waals surface area contributed by atoms with Gasteiger partial charge in [0.15, 0.2) is 0 Å². The van der Waals surface area contributed by atoms with Gasteiger partial charge in [0, 0.05) is 12.1 Å². The summed E-state index contributed by atoms with van der Waals surface area (Å²) in [5.41, 5.74) is -0.547. The van der Waals surface area contributed by atoms with Gasteiger partial charge in [0.1, 0.15) is 0 Å². The molecule has 1 aromatic carbocycles. The van der Waals surface area contributed by atoms with Gasteiger partial charge in [-0.3, -0.25) is 9.59 Å². The Bertz CT molecular complexity index is 575. The summed E-state index contributed by atoms with van der Waals surface area (Å²) in [6.45, 7) is 0. The van der Waals surface area contributed by atoms with Crippen LogP contribution in [0.15, 0.2) is 24.3 Å². The molecular weight excluding hydrogens is 274 g/mol. The Balaban J connectivity index is 2.06. The van der Waals surface area contributed by atoms with Crippen molar-refractivity contribution in [3.63, 3.8) is 0 Å². The number of amides is 1. The van der Waals surface area contributed by atoms with Crippen LogP contribution in [0.2, 0.25) is 0 Å². The fraction of sp³-hybridized carbons (Fsp3) is 0.400. The number of aromatic carboxylic acids is 1. The number of anilines is 1. The fourth-order valence-corrected chi connectivity index (χ4v) is 2.76. The first kappa shape index (κ1) is 15.0. The number of hydrogen-bond acceptors (Lipinski definition) is 3. The number of hydrogen-bond donors (Lipinski definition) is 3. The van der Waals surface area contributed by atoms with Crippen LogP contribution in [0.4, 0.5) is 5.69 Å². The average molecular weight is 291 g/mol. The largest absolute Gasteiger partial charge is 0.481 e. The normalized spacial score (nSPS) is 16.4. The van der Waals surface area contributed by atoms with Crippen LogP contribution < -0.4 is 5.32 Å². The molecule has 0 saturated heterocycles. The highest BCUT2D eigenvalue weighted by Gasteiger charge is 2.42. The highest BCUT2D eigenvalue weighted by Crippen LogP contribution is 2.41. The highest BCUT2D eigenvalue weighted by atomic mass is 16.4. The summed E-state index contributed by atoms with van der Waals surface area (Å²) in [6, 6.07) is 5.88. The van der Waals surface area contributed by atoms with Crippen molar-refractivity contribution in [1.29, 1.82) is 0 Å². The van der Waals surface area contributed by atoms with E-state index in [2.05, 4.69) is 5.32 Å². The lowest BCUT2D eigenvalue weighted by Crippen LogP contribution is -2.32. The molecule has 0 heterocycles. The summed E-state index contributed by atoms with van der Waals surface area (Å²) in [4.78, 5) is 34.3. The SMILES string of the molecule is O=C(CC1(C(=O)O)CCCC1)Nc1cccc(C(=O)O)c1. The maximum absolute atomic E-state index is 12.0. The van der Waals surface area contributed by atoms with Crippen LogP contribution in [0.3, 0.4) is 0 Å². The predicted octanol–water partition coefficient (Wildman–Crippen LogP) is 2.36. The molecule has 21 heavy (non-hydrogen) atoms. The van der Waals surface area contributed by atoms with Crippen LogP contribution in [0.1, 0.15) is 42.5 Å². The summed E-state index contributed by atoms with van der Waals surface area (Å²) in [7, 11) is 0. The minimum absolute atomic E-state index is 0.0709. The second kappa shape index (κ2) is 5.95. The molecule has 1 aromatic rings. The van der Waals surface area contributed by atoms with E-state index in [0.717, 1.165) is 12.8 Å². The van der Waals surface area contributed by atoms with Gasteiger partial charge in [0.25, 0.3) is 0 Å². The summed E-state index contributed by atoms with van der Waals surface area (Å²) in [5, 5.41) is 20.8. The molecule has 0 spiro atoms. The van der Waals surface area contributed by atoms with E-state index in [1.54, 1.807) is 6.07 Å². The maximum Gasteiger partial charge on any atom is 0.335 e. The van der Waals surface area contributed by atoms with Gasteiger partial charge in [-0.05, 0) is 31.0 Å². The number of carboxylic acids is 2. The zero-order chi connectivity index (χ0) is 15.5. The van der Waals surface area contributed by atoms with E-state index in [9.17, 15) is 19.5 Å². The molecule has 0 aliphatic heterocycles. The first-order chi connectivity index (χ1) is 9.93. The monoisotopic (exact) mass is 291 g/mol. The standard InChI is InChI=1S/C15H17NO5/c17-12(9-15(14(20)21)6-1-2-7-15)16-11-5-3-4-10(8-11)13(18)19/h3-5,8H,1-2,6-7,9H2,(H,16,17)(H,18,19)(H,20,21). The van der Waals surface area contributed by atoms with Gasteiger partial charge in [-0.25, -0.2) is 4.79 Å². The quantitative estimate of drug-likeness (QED) is 0.772. The molecule has 3 N–H and O–H groups in total. The number of benzene rings is 1. The molecule has 0 unspecified atom stereocenters. The molecule has 6 heteroatoms. The molecule has 1 saturated carbocycles. The number of carbonyl (C=O) groups is 3. The van der Waals surface area contributed by atoms with Gasteiger partial charge in [-0.15, -0.1) is 0 Å². The average Bonchev–Trinajstić information content (AvgIpc) is 2.88. The Morgan fingerprint density at radius 3 is 2.38 bits per heavy atom. The minimum atomic E-state index is -1.08. The summed E-state index contributed by atoms with van der Waals surface area (Å²) in [5.74, 6) is -2.42. The van der Waals surface area contributed by atoms with Crippen molar-refractivity contribution in [2.75, 3.05) is 5.32 Å². The number of carboxylic acid groups (broad SMARTS) is 2. The summed E-state index contributed by atoms with van der Waals surface area (Å²) in [6.07, 6.45) is 2.55. The molecular formula is C15H17NO5. The van der Waals surface area contributed by atoms with Crippen molar-refractivity contribution in [1.82, 2.24) is 0 Å². The predicted molar refractivity (Wildman–Crippen MR) is 75.2 cm³/mol. The second-order valence-corrected chi connectivity index (χ2v) is 5.40. The van der Waals surface area contributed by atoms with E-state index in [1.807, 2.05) is 0 Å². The van der Waals surface area contributed by atoms with Crippen molar-refractivity contribution < 1.29 is 24.6 Å². The van der Waals surface area contributed by atoms with E-state index in [1.165, 1.54) is 18.2 Å². The molecule has 1 aliphatic carbocycles. The molecule has 1 amide bonds. The van der Waals surface area contributed by atoms with Crippen molar-refractivity contribution in [3.05, 3.63) is 29.8 Å². The molecule has 0 radical (unpaired) electrons. The third-order valence-corrected chi connectivity index (χ3v) is 3.91. The number of nitrogens with one attached hydrogen (secondary N) is 1. The Morgan fingerprint density at radius 2 is 1.81 bits per heavy atom. The van der Waals surface area contributed by atoms with E-state index in [4.69, 9.17) is 5.11 Å². The van der Waals surface area contributed by atoms with Crippen LogP contribution in [0.25, 0.3) is 0 Å². The van der Waals surface area contributed by atoms with Crippen LogP contribution >= 0.6 is 0 Å². The van der Waals surface area contributed by atoms with Gasteiger partial charge in [0.05, 0.1) is 11.0 Å². The zero-order valence-corrected chi connectivity index (χ0v) is 11.5. The lowest BCUT2D eigenvalue weighted by Gasteiger charge is -2.22. The first-order valence-corrected chi connectivity index (χ1v) is 6.80. The lowest BCUT2D eigenvalue weighted by atomic mass is 9.82. The Kier molecular flexibility index (Phi) is 4.26. The van der Waals surface area contributed by atoms with Crippen molar-refractivity contribution in [3.8, 4) is 0 Å². The van der Waals surface area contributed by atoms with Crippen LogP contribution in [0, 0.1) is 5.41 Å². The van der Waals surface area contributed by atoms with Crippen LogP contribution in [0.5, 0.6) is 0 Å². The first-order valence-electron chi connectivity index (χ1n) is 6.80. The van der Waals surface area contributed by atoms with Crippen molar-refractivity contribution in [2.24, 2.45) is 5.41 Å². The van der Waals surface area contributed by atoms with Crippen molar-refractivity contribution >= 4 is 23.5 Å². The van der Waals surface area contributed by atoms with E-state index >= 15 is 0 Å².